The van der Waals surface area contributed by atoms with Gasteiger partial charge in [0.1, 0.15) is 0 Å². The summed E-state index contributed by atoms with van der Waals surface area (Å²) in [6.07, 6.45) is 5.26. The summed E-state index contributed by atoms with van der Waals surface area (Å²) in [4.78, 5) is 0. The number of nitrogens with one attached hydrogen (secondary N) is 1. The van der Waals surface area contributed by atoms with Crippen molar-refractivity contribution in [1.82, 2.24) is 5.32 Å². The number of hydrogen-bond donors (Lipinski definition) is 1. The second kappa shape index (κ2) is 5.48. The second-order valence-electron chi connectivity index (χ2n) is 3.68. The molecule has 0 radical (unpaired) electrons. The Bertz CT molecular complexity index is 302. The van der Waals surface area contributed by atoms with Gasteiger partial charge >= 0.3 is 0 Å². The lowest BCUT2D eigenvalue weighted by molar-refractivity contribution is 0.770. The first-order chi connectivity index (χ1) is 6.75. The van der Waals surface area contributed by atoms with Crippen molar-refractivity contribution in [3.05, 3.63) is 47.7 Å². The average Bonchev–Trinajstić information content (AvgIpc) is 2.18. The highest BCUT2D eigenvalue weighted by Crippen LogP contribution is 2.22. The molecule has 0 fully saturated rings. The van der Waals surface area contributed by atoms with Crippen molar-refractivity contribution in [3.8, 4) is 0 Å². The van der Waals surface area contributed by atoms with E-state index in [0.717, 1.165) is 6.42 Å². The van der Waals surface area contributed by atoms with Crippen LogP contribution in [0.5, 0.6) is 0 Å². The molecule has 76 valence electrons. The van der Waals surface area contributed by atoms with Crippen LogP contribution in [0.15, 0.2) is 36.5 Å². The summed E-state index contributed by atoms with van der Waals surface area (Å²) in [5.74, 6) is 0.598. The van der Waals surface area contributed by atoms with Crippen LogP contribution >= 0.6 is 0 Å². The van der Waals surface area contributed by atoms with Gasteiger partial charge in [0.05, 0.1) is 0 Å². The Hall–Kier alpha value is -1.24. The molecule has 14 heavy (non-hydrogen) atoms. The maximum absolute atomic E-state index is 3.01. The molecule has 0 aromatic heterocycles. The molecule has 1 rings (SSSR count). The fourth-order valence-corrected chi connectivity index (χ4v) is 1.66. The zero-order valence-electron chi connectivity index (χ0n) is 9.25. The van der Waals surface area contributed by atoms with Gasteiger partial charge in [-0.25, -0.2) is 0 Å². The summed E-state index contributed by atoms with van der Waals surface area (Å²) in [7, 11) is 1.93. The third-order valence-electron chi connectivity index (χ3n) is 2.49. The van der Waals surface area contributed by atoms with E-state index in [1.807, 2.05) is 13.2 Å². The number of benzene rings is 1. The Morgan fingerprint density at radius 1 is 1.36 bits per heavy atom. The molecule has 0 aliphatic carbocycles. The van der Waals surface area contributed by atoms with Crippen LogP contribution in [0, 0.1) is 6.92 Å². The summed E-state index contributed by atoms with van der Waals surface area (Å²) >= 11 is 0. The average molecular weight is 189 g/mol. The number of aryl methyl sites for hydroxylation is 1. The maximum atomic E-state index is 3.01. The Labute approximate surface area is 86.8 Å². The third-order valence-corrected chi connectivity index (χ3v) is 2.49. The topological polar surface area (TPSA) is 12.0 Å². The third kappa shape index (κ3) is 2.91. The van der Waals surface area contributed by atoms with Gasteiger partial charge < -0.3 is 5.32 Å². The van der Waals surface area contributed by atoms with E-state index in [1.54, 1.807) is 0 Å². The van der Waals surface area contributed by atoms with E-state index < -0.39 is 0 Å². The molecule has 0 saturated heterocycles. The van der Waals surface area contributed by atoms with Crippen molar-refractivity contribution >= 4 is 0 Å². The van der Waals surface area contributed by atoms with Crippen molar-refractivity contribution in [2.75, 3.05) is 7.05 Å². The Kier molecular flexibility index (Phi) is 4.24. The van der Waals surface area contributed by atoms with Gasteiger partial charge in [0.25, 0.3) is 0 Å². The molecule has 1 aromatic carbocycles. The van der Waals surface area contributed by atoms with E-state index in [1.165, 1.54) is 11.1 Å². The Balaban J connectivity index is 2.65. The summed E-state index contributed by atoms with van der Waals surface area (Å²) in [6.45, 7) is 4.44. The number of hydrogen-bond acceptors (Lipinski definition) is 1. The van der Waals surface area contributed by atoms with Crippen LogP contribution in [-0.2, 0) is 0 Å². The van der Waals surface area contributed by atoms with Gasteiger partial charge in [0.2, 0.25) is 0 Å². The molecule has 0 aliphatic heterocycles. The fourth-order valence-electron chi connectivity index (χ4n) is 1.66. The zero-order valence-corrected chi connectivity index (χ0v) is 9.25. The van der Waals surface area contributed by atoms with Crippen LogP contribution in [0.25, 0.3) is 0 Å². The molecule has 1 nitrogen and oxygen atoms in total. The Morgan fingerprint density at radius 3 is 2.71 bits per heavy atom. The zero-order chi connectivity index (χ0) is 10.4. The van der Waals surface area contributed by atoms with Gasteiger partial charge in [-0.05, 0) is 36.6 Å². The van der Waals surface area contributed by atoms with Crippen molar-refractivity contribution < 1.29 is 0 Å². The van der Waals surface area contributed by atoms with Crippen LogP contribution in [0.4, 0.5) is 0 Å². The minimum Gasteiger partial charge on any atom is -0.394 e. The fraction of sp³-hybridized carbons (Fsp3) is 0.385. The molecule has 0 heterocycles. The van der Waals surface area contributed by atoms with Crippen molar-refractivity contribution in [2.24, 2.45) is 0 Å². The van der Waals surface area contributed by atoms with E-state index in [9.17, 15) is 0 Å². The SMILES string of the molecule is CN/C=C/CC(C)c1ccccc1C. The largest absolute Gasteiger partial charge is 0.394 e. The number of rotatable bonds is 4. The minimum absolute atomic E-state index is 0.598. The molecule has 0 aliphatic rings. The van der Waals surface area contributed by atoms with Crippen LogP contribution in [-0.4, -0.2) is 7.05 Å². The van der Waals surface area contributed by atoms with Gasteiger partial charge in [0.15, 0.2) is 0 Å². The standard InChI is InChI=1S/C13H19N/c1-11-7-4-5-9-13(11)12(2)8-6-10-14-3/h4-7,9-10,12,14H,8H2,1-3H3/b10-6+. The first kappa shape index (κ1) is 10.8. The van der Waals surface area contributed by atoms with E-state index in [-0.39, 0.29) is 0 Å². The summed E-state index contributed by atoms with van der Waals surface area (Å²) in [5.41, 5.74) is 2.84. The highest BCUT2D eigenvalue weighted by atomic mass is 14.8. The second-order valence-corrected chi connectivity index (χ2v) is 3.68. The maximum Gasteiger partial charge on any atom is 0.00276 e. The van der Waals surface area contributed by atoms with Crippen molar-refractivity contribution in [3.63, 3.8) is 0 Å². The van der Waals surface area contributed by atoms with E-state index in [2.05, 4.69) is 49.5 Å². The molecule has 1 aromatic rings. The van der Waals surface area contributed by atoms with E-state index in [0.29, 0.717) is 5.92 Å². The van der Waals surface area contributed by atoms with E-state index in [4.69, 9.17) is 0 Å². The van der Waals surface area contributed by atoms with Crippen LogP contribution in [0.3, 0.4) is 0 Å². The quantitative estimate of drug-likeness (QED) is 0.766. The van der Waals surface area contributed by atoms with Gasteiger partial charge in [-0.15, -0.1) is 0 Å². The van der Waals surface area contributed by atoms with Crippen LogP contribution in [0.2, 0.25) is 0 Å². The minimum atomic E-state index is 0.598. The normalized spacial score (nSPS) is 13.1. The lowest BCUT2D eigenvalue weighted by Crippen LogP contribution is -1.96. The molecule has 1 N–H and O–H groups in total. The highest BCUT2D eigenvalue weighted by molar-refractivity contribution is 5.29. The first-order valence-electron chi connectivity index (χ1n) is 5.13. The highest BCUT2D eigenvalue weighted by Gasteiger charge is 2.05. The lowest BCUT2D eigenvalue weighted by Gasteiger charge is -2.12. The molecule has 1 unspecified atom stereocenters. The number of allylic oxidation sites excluding steroid dienone is 1. The molecule has 0 spiro atoms. The molecular formula is C13H19N. The van der Waals surface area contributed by atoms with Crippen molar-refractivity contribution in [1.29, 1.82) is 0 Å². The molecular weight excluding hydrogens is 170 g/mol. The first-order valence-corrected chi connectivity index (χ1v) is 5.13. The van der Waals surface area contributed by atoms with Gasteiger partial charge in [-0.3, -0.25) is 0 Å². The molecule has 1 heteroatoms. The monoisotopic (exact) mass is 189 g/mol. The van der Waals surface area contributed by atoms with Crippen LogP contribution < -0.4 is 5.32 Å². The summed E-state index contributed by atoms with van der Waals surface area (Å²) < 4.78 is 0. The van der Waals surface area contributed by atoms with Gasteiger partial charge in [-0.2, -0.15) is 0 Å². The molecule has 1 atom stereocenters. The molecule has 0 amide bonds. The predicted molar refractivity (Wildman–Crippen MR) is 62.4 cm³/mol. The Morgan fingerprint density at radius 2 is 2.07 bits per heavy atom. The van der Waals surface area contributed by atoms with Gasteiger partial charge in [0, 0.05) is 7.05 Å². The van der Waals surface area contributed by atoms with Gasteiger partial charge in [-0.1, -0.05) is 37.3 Å². The molecule has 0 bridgehead atoms. The lowest BCUT2D eigenvalue weighted by atomic mass is 9.94. The van der Waals surface area contributed by atoms with Crippen LogP contribution in [0.1, 0.15) is 30.4 Å². The molecule has 0 saturated carbocycles. The smallest absolute Gasteiger partial charge is 0.00276 e. The van der Waals surface area contributed by atoms with E-state index >= 15 is 0 Å². The van der Waals surface area contributed by atoms with Crippen molar-refractivity contribution in [2.45, 2.75) is 26.2 Å². The summed E-state index contributed by atoms with van der Waals surface area (Å²) in [5, 5.41) is 3.01. The summed E-state index contributed by atoms with van der Waals surface area (Å²) in [6, 6.07) is 8.59. The predicted octanol–water partition coefficient (Wildman–Crippen LogP) is 3.22.